The van der Waals surface area contributed by atoms with Crippen molar-refractivity contribution in [2.24, 2.45) is 0 Å². The highest BCUT2D eigenvalue weighted by Gasteiger charge is 2.31. The molecule has 2 rings (SSSR count). The van der Waals surface area contributed by atoms with Crippen molar-refractivity contribution in [2.45, 2.75) is 6.36 Å². The van der Waals surface area contributed by atoms with Crippen LogP contribution in [0.3, 0.4) is 0 Å². The zero-order valence-electron chi connectivity index (χ0n) is 10.6. The Bertz CT molecular complexity index is 769. The van der Waals surface area contributed by atoms with Crippen LogP contribution in [-0.2, 0) is 0 Å². The van der Waals surface area contributed by atoms with E-state index in [2.05, 4.69) is 4.74 Å². The van der Waals surface area contributed by atoms with Crippen molar-refractivity contribution in [1.29, 1.82) is 5.26 Å². The molecule has 22 heavy (non-hydrogen) atoms. The summed E-state index contributed by atoms with van der Waals surface area (Å²) in [5, 5.41) is 18.6. The highest BCUT2D eigenvalue weighted by Crippen LogP contribution is 2.37. The number of phenolic OH excluding ortho intramolecular Hbond substituents is 1. The minimum atomic E-state index is -4.94. The predicted octanol–water partition coefficient (Wildman–Crippen LogP) is 4.62. The number of aromatic hydroxyl groups is 1. The summed E-state index contributed by atoms with van der Waals surface area (Å²) >= 11 is 5.70. The largest absolute Gasteiger partial charge is 0.573 e. The second kappa shape index (κ2) is 5.73. The summed E-state index contributed by atoms with van der Waals surface area (Å²) in [6.07, 6.45) is -4.94. The standard InChI is InChI=1S/C14H6ClF4NO2/c15-11-5-13(21)10(3-7(11)6-20)9-4-8(1-2-12(9)16)22-14(17,18)19/h1-5,21H. The average Bonchev–Trinajstić information content (AvgIpc) is 2.40. The zero-order valence-corrected chi connectivity index (χ0v) is 11.3. The number of nitrogens with zero attached hydrogens (tertiary/aromatic N) is 1. The van der Waals surface area contributed by atoms with E-state index in [1.54, 1.807) is 6.07 Å². The normalized spacial score (nSPS) is 11.1. The second-order valence-corrected chi connectivity index (χ2v) is 4.56. The van der Waals surface area contributed by atoms with Gasteiger partial charge in [0.1, 0.15) is 23.4 Å². The van der Waals surface area contributed by atoms with Crippen LogP contribution in [0.15, 0.2) is 30.3 Å². The van der Waals surface area contributed by atoms with Crippen LogP contribution < -0.4 is 4.74 Å². The molecule has 0 aliphatic carbocycles. The summed E-state index contributed by atoms with van der Waals surface area (Å²) in [6, 6.07) is 6.14. The van der Waals surface area contributed by atoms with Gasteiger partial charge in [0.15, 0.2) is 0 Å². The first-order chi connectivity index (χ1) is 10.2. The van der Waals surface area contributed by atoms with Gasteiger partial charge in [0, 0.05) is 17.2 Å². The Morgan fingerprint density at radius 2 is 1.82 bits per heavy atom. The van der Waals surface area contributed by atoms with Gasteiger partial charge >= 0.3 is 6.36 Å². The van der Waals surface area contributed by atoms with Crippen LogP contribution in [-0.4, -0.2) is 11.5 Å². The lowest BCUT2D eigenvalue weighted by Crippen LogP contribution is -2.17. The van der Waals surface area contributed by atoms with Crippen molar-refractivity contribution in [3.05, 3.63) is 46.7 Å². The molecule has 0 saturated heterocycles. The number of halogens is 5. The molecule has 2 aromatic rings. The first-order valence-electron chi connectivity index (χ1n) is 5.69. The molecule has 1 N–H and O–H groups in total. The fraction of sp³-hybridized carbons (Fsp3) is 0.0714. The maximum Gasteiger partial charge on any atom is 0.573 e. The Morgan fingerprint density at radius 3 is 2.41 bits per heavy atom. The smallest absolute Gasteiger partial charge is 0.507 e. The van der Waals surface area contributed by atoms with E-state index in [0.717, 1.165) is 30.3 Å². The molecule has 0 aliphatic rings. The number of nitriles is 1. The number of benzene rings is 2. The van der Waals surface area contributed by atoms with Crippen molar-refractivity contribution < 1.29 is 27.4 Å². The van der Waals surface area contributed by atoms with Crippen LogP contribution >= 0.6 is 11.6 Å². The molecule has 0 amide bonds. The van der Waals surface area contributed by atoms with Gasteiger partial charge in [0.05, 0.1) is 10.6 Å². The van der Waals surface area contributed by atoms with E-state index in [9.17, 15) is 22.7 Å². The molecular weight excluding hydrogens is 326 g/mol. The van der Waals surface area contributed by atoms with E-state index in [1.165, 1.54) is 0 Å². The Morgan fingerprint density at radius 1 is 1.14 bits per heavy atom. The van der Waals surface area contributed by atoms with Crippen LogP contribution in [0, 0.1) is 17.1 Å². The Labute approximate surface area is 126 Å². The molecule has 3 nitrogen and oxygen atoms in total. The number of phenols is 1. The van der Waals surface area contributed by atoms with Gasteiger partial charge in [-0.2, -0.15) is 5.26 Å². The number of rotatable bonds is 2. The predicted molar refractivity (Wildman–Crippen MR) is 69.9 cm³/mol. The van der Waals surface area contributed by atoms with Gasteiger partial charge in [-0.3, -0.25) is 0 Å². The quantitative estimate of drug-likeness (QED) is 0.817. The van der Waals surface area contributed by atoms with Gasteiger partial charge in [0.25, 0.3) is 0 Å². The molecule has 0 radical (unpaired) electrons. The minimum absolute atomic E-state index is 0.0593. The topological polar surface area (TPSA) is 53.2 Å². The zero-order chi connectivity index (χ0) is 16.5. The lowest BCUT2D eigenvalue weighted by atomic mass is 10.0. The fourth-order valence-electron chi connectivity index (χ4n) is 1.77. The highest BCUT2D eigenvalue weighted by molar-refractivity contribution is 6.32. The maximum atomic E-state index is 13.8. The van der Waals surface area contributed by atoms with E-state index >= 15 is 0 Å². The summed E-state index contributed by atoms with van der Waals surface area (Å²) < 4.78 is 54.1. The van der Waals surface area contributed by atoms with Crippen molar-refractivity contribution in [3.63, 3.8) is 0 Å². The van der Waals surface area contributed by atoms with Crippen molar-refractivity contribution >= 4 is 11.6 Å². The third kappa shape index (κ3) is 3.40. The summed E-state index contributed by atoms with van der Waals surface area (Å²) in [4.78, 5) is 0. The third-order valence-corrected chi connectivity index (χ3v) is 2.98. The Balaban J connectivity index is 2.58. The first-order valence-corrected chi connectivity index (χ1v) is 6.07. The van der Waals surface area contributed by atoms with Crippen molar-refractivity contribution in [3.8, 4) is 28.7 Å². The van der Waals surface area contributed by atoms with Gasteiger partial charge in [0.2, 0.25) is 0 Å². The Kier molecular flexibility index (Phi) is 4.15. The van der Waals surface area contributed by atoms with E-state index in [4.69, 9.17) is 16.9 Å². The Hall–Kier alpha value is -2.46. The molecule has 0 heterocycles. The fourth-order valence-corrected chi connectivity index (χ4v) is 1.97. The molecule has 114 valence electrons. The first kappa shape index (κ1) is 15.9. The maximum absolute atomic E-state index is 13.8. The summed E-state index contributed by atoms with van der Waals surface area (Å²) in [5.74, 6) is -2.03. The van der Waals surface area contributed by atoms with Crippen LogP contribution in [0.5, 0.6) is 11.5 Å². The lowest BCUT2D eigenvalue weighted by Gasteiger charge is -2.12. The highest BCUT2D eigenvalue weighted by atomic mass is 35.5. The van der Waals surface area contributed by atoms with Gasteiger partial charge in [-0.05, 0) is 24.3 Å². The van der Waals surface area contributed by atoms with Crippen molar-refractivity contribution in [1.82, 2.24) is 0 Å². The van der Waals surface area contributed by atoms with Gasteiger partial charge in [-0.15, -0.1) is 13.2 Å². The van der Waals surface area contributed by atoms with Crippen molar-refractivity contribution in [2.75, 3.05) is 0 Å². The summed E-state index contributed by atoms with van der Waals surface area (Å²) in [5.41, 5.74) is -0.588. The minimum Gasteiger partial charge on any atom is -0.507 e. The number of hydrogen-bond acceptors (Lipinski definition) is 3. The molecule has 0 atom stereocenters. The van der Waals surface area contributed by atoms with E-state index < -0.39 is 23.7 Å². The molecule has 0 saturated carbocycles. The molecule has 0 spiro atoms. The molecule has 0 fully saturated rings. The second-order valence-electron chi connectivity index (χ2n) is 4.15. The molecule has 2 aromatic carbocycles. The molecular formula is C14H6ClF4NO2. The average molecular weight is 332 g/mol. The third-order valence-electron chi connectivity index (χ3n) is 2.67. The molecule has 0 unspecified atom stereocenters. The van der Waals surface area contributed by atoms with E-state index in [-0.39, 0.29) is 21.7 Å². The van der Waals surface area contributed by atoms with Crippen LogP contribution in [0.2, 0.25) is 5.02 Å². The van der Waals surface area contributed by atoms with Crippen LogP contribution in [0.4, 0.5) is 17.6 Å². The van der Waals surface area contributed by atoms with Gasteiger partial charge in [-0.25, -0.2) is 4.39 Å². The lowest BCUT2D eigenvalue weighted by molar-refractivity contribution is -0.274. The monoisotopic (exact) mass is 331 g/mol. The van der Waals surface area contributed by atoms with Crippen LogP contribution in [0.1, 0.15) is 5.56 Å². The SMILES string of the molecule is N#Cc1cc(-c2cc(OC(F)(F)F)ccc2F)c(O)cc1Cl. The number of hydrogen-bond donors (Lipinski definition) is 1. The van der Waals surface area contributed by atoms with Crippen LogP contribution in [0.25, 0.3) is 11.1 Å². The summed E-state index contributed by atoms with van der Waals surface area (Å²) in [7, 11) is 0. The molecule has 0 aromatic heterocycles. The molecule has 0 aliphatic heterocycles. The summed E-state index contributed by atoms with van der Waals surface area (Å²) in [6.45, 7) is 0. The molecule has 0 bridgehead atoms. The van der Waals surface area contributed by atoms with E-state index in [0.29, 0.717) is 0 Å². The van der Waals surface area contributed by atoms with Gasteiger partial charge < -0.3 is 9.84 Å². The van der Waals surface area contributed by atoms with E-state index in [1.807, 2.05) is 0 Å². The number of ether oxygens (including phenoxy) is 1. The molecule has 8 heteroatoms. The van der Waals surface area contributed by atoms with Gasteiger partial charge in [-0.1, -0.05) is 11.6 Å². The number of alkyl halides is 3.